The Labute approximate surface area is 136 Å². The number of hydrogen-bond donors (Lipinski definition) is 1. The molecule has 0 radical (unpaired) electrons. The lowest BCUT2D eigenvalue weighted by molar-refractivity contribution is -0.161. The van der Waals surface area contributed by atoms with Gasteiger partial charge in [0.15, 0.2) is 5.92 Å². The minimum atomic E-state index is -1.02. The number of benzene rings is 1. The van der Waals surface area contributed by atoms with E-state index in [-0.39, 0.29) is 19.6 Å². The van der Waals surface area contributed by atoms with Gasteiger partial charge in [-0.2, -0.15) is 0 Å². The van der Waals surface area contributed by atoms with Gasteiger partial charge in [0, 0.05) is 5.56 Å². The molecule has 1 atom stereocenters. The Kier molecular flexibility index (Phi) is 7.86. The predicted molar refractivity (Wildman–Crippen MR) is 85.5 cm³/mol. The largest absolute Gasteiger partial charge is 0.465 e. The van der Waals surface area contributed by atoms with Gasteiger partial charge in [0.05, 0.1) is 13.2 Å². The van der Waals surface area contributed by atoms with Crippen LogP contribution >= 0.6 is 0 Å². The molecule has 23 heavy (non-hydrogen) atoms. The number of ether oxygens (including phenoxy) is 2. The summed E-state index contributed by atoms with van der Waals surface area (Å²) in [5.74, 6) is 3.27. The summed E-state index contributed by atoms with van der Waals surface area (Å²) >= 11 is 0. The standard InChI is InChI=1S/C18H22O5/c1-4-22-17(20)16(18(21)23-5-2)12-15-9-7-6-8-14(15)11-10-13(3)19/h6-9,13,16,19H,4-5,12H2,1-3H3. The van der Waals surface area contributed by atoms with Crippen molar-refractivity contribution in [2.75, 3.05) is 13.2 Å². The molecule has 124 valence electrons. The number of aliphatic hydroxyl groups excluding tert-OH is 1. The molecule has 0 aromatic heterocycles. The smallest absolute Gasteiger partial charge is 0.320 e. The Morgan fingerprint density at radius 2 is 1.70 bits per heavy atom. The van der Waals surface area contributed by atoms with Gasteiger partial charge in [0.2, 0.25) is 0 Å². The molecule has 0 amide bonds. The first-order valence-electron chi connectivity index (χ1n) is 7.60. The van der Waals surface area contributed by atoms with Crippen LogP contribution in [0.5, 0.6) is 0 Å². The molecule has 5 nitrogen and oxygen atoms in total. The highest BCUT2D eigenvalue weighted by Gasteiger charge is 2.30. The van der Waals surface area contributed by atoms with Gasteiger partial charge >= 0.3 is 11.9 Å². The maximum Gasteiger partial charge on any atom is 0.320 e. The van der Waals surface area contributed by atoms with E-state index < -0.39 is 24.0 Å². The van der Waals surface area contributed by atoms with Crippen molar-refractivity contribution in [1.82, 2.24) is 0 Å². The predicted octanol–water partition coefficient (Wildman–Crippen LogP) is 1.70. The van der Waals surface area contributed by atoms with Crippen molar-refractivity contribution in [3.63, 3.8) is 0 Å². The van der Waals surface area contributed by atoms with Crippen LogP contribution in [0.15, 0.2) is 24.3 Å². The highest BCUT2D eigenvalue weighted by Crippen LogP contribution is 2.16. The third kappa shape index (κ3) is 6.13. The topological polar surface area (TPSA) is 72.8 Å². The first-order chi connectivity index (χ1) is 11.0. The Morgan fingerprint density at radius 1 is 1.13 bits per heavy atom. The van der Waals surface area contributed by atoms with Crippen LogP contribution in [0.3, 0.4) is 0 Å². The van der Waals surface area contributed by atoms with Gasteiger partial charge in [-0.05, 0) is 38.8 Å². The summed E-state index contributed by atoms with van der Waals surface area (Å²) in [7, 11) is 0. The van der Waals surface area contributed by atoms with Crippen molar-refractivity contribution in [3.8, 4) is 11.8 Å². The van der Waals surface area contributed by atoms with E-state index in [1.54, 1.807) is 45.0 Å². The van der Waals surface area contributed by atoms with Gasteiger partial charge in [-0.3, -0.25) is 9.59 Å². The Balaban J connectivity index is 3.06. The number of rotatable bonds is 6. The molecule has 1 N–H and O–H groups in total. The molecule has 0 heterocycles. The highest BCUT2D eigenvalue weighted by molar-refractivity contribution is 5.95. The van der Waals surface area contributed by atoms with Gasteiger partial charge in [-0.15, -0.1) is 0 Å². The lowest BCUT2D eigenvalue weighted by atomic mass is 9.95. The van der Waals surface area contributed by atoms with Gasteiger partial charge in [-0.25, -0.2) is 0 Å². The summed E-state index contributed by atoms with van der Waals surface area (Å²) in [6.45, 7) is 5.32. The van der Waals surface area contributed by atoms with E-state index in [0.717, 1.165) is 5.56 Å². The Morgan fingerprint density at radius 3 is 2.22 bits per heavy atom. The van der Waals surface area contributed by atoms with Crippen molar-refractivity contribution in [1.29, 1.82) is 0 Å². The van der Waals surface area contributed by atoms with Crippen LogP contribution in [0, 0.1) is 17.8 Å². The van der Waals surface area contributed by atoms with Gasteiger partial charge in [0.25, 0.3) is 0 Å². The molecule has 0 aliphatic carbocycles. The summed E-state index contributed by atoms with van der Waals surface area (Å²) in [6.07, 6.45) is -0.614. The zero-order valence-electron chi connectivity index (χ0n) is 13.7. The van der Waals surface area contributed by atoms with Crippen molar-refractivity contribution in [2.24, 2.45) is 5.92 Å². The SMILES string of the molecule is CCOC(=O)C(Cc1ccccc1C#CC(C)O)C(=O)OCC. The van der Waals surface area contributed by atoms with E-state index in [1.165, 1.54) is 0 Å². The molecule has 5 heteroatoms. The fourth-order valence-corrected chi connectivity index (χ4v) is 1.97. The molecule has 1 aromatic rings. The molecular weight excluding hydrogens is 296 g/mol. The third-order valence-corrected chi connectivity index (χ3v) is 3.00. The summed E-state index contributed by atoms with van der Waals surface area (Å²) in [5, 5.41) is 9.28. The minimum Gasteiger partial charge on any atom is -0.465 e. The first-order valence-corrected chi connectivity index (χ1v) is 7.60. The van der Waals surface area contributed by atoms with Crippen molar-refractivity contribution in [3.05, 3.63) is 35.4 Å². The number of hydrogen-bond acceptors (Lipinski definition) is 5. The van der Waals surface area contributed by atoms with E-state index in [0.29, 0.717) is 5.56 Å². The average molecular weight is 318 g/mol. The zero-order chi connectivity index (χ0) is 17.2. The van der Waals surface area contributed by atoms with Crippen LogP contribution in [0.1, 0.15) is 31.9 Å². The molecule has 1 unspecified atom stereocenters. The highest BCUT2D eigenvalue weighted by atomic mass is 16.6. The Bertz CT molecular complexity index is 577. The fourth-order valence-electron chi connectivity index (χ4n) is 1.97. The number of esters is 2. The second-order valence-corrected chi connectivity index (χ2v) is 4.86. The quantitative estimate of drug-likeness (QED) is 0.491. The van der Waals surface area contributed by atoms with E-state index >= 15 is 0 Å². The lowest BCUT2D eigenvalue weighted by Gasteiger charge is -2.15. The summed E-state index contributed by atoms with van der Waals surface area (Å²) in [5.41, 5.74) is 1.39. The molecular formula is C18H22O5. The van der Waals surface area contributed by atoms with Crippen LogP contribution in [-0.4, -0.2) is 36.4 Å². The number of carbonyl (C=O) groups excluding carboxylic acids is 2. The monoisotopic (exact) mass is 318 g/mol. The van der Waals surface area contributed by atoms with Crippen molar-refractivity contribution >= 4 is 11.9 Å². The van der Waals surface area contributed by atoms with Crippen LogP contribution in [0.4, 0.5) is 0 Å². The van der Waals surface area contributed by atoms with Crippen LogP contribution < -0.4 is 0 Å². The molecule has 0 spiro atoms. The fraction of sp³-hybridized carbons (Fsp3) is 0.444. The summed E-state index contributed by atoms with van der Waals surface area (Å²) in [6, 6.07) is 7.17. The number of aliphatic hydroxyl groups is 1. The second kappa shape index (κ2) is 9.65. The van der Waals surface area contributed by atoms with Crippen molar-refractivity contribution in [2.45, 2.75) is 33.3 Å². The molecule has 0 saturated heterocycles. The Hall–Kier alpha value is -2.32. The molecule has 0 aliphatic rings. The first kappa shape index (κ1) is 18.7. The van der Waals surface area contributed by atoms with Gasteiger partial charge in [0.1, 0.15) is 6.10 Å². The van der Waals surface area contributed by atoms with E-state index in [2.05, 4.69) is 11.8 Å². The number of carbonyl (C=O) groups is 2. The maximum atomic E-state index is 12.0. The molecule has 0 fully saturated rings. The van der Waals surface area contributed by atoms with Crippen LogP contribution in [0.25, 0.3) is 0 Å². The van der Waals surface area contributed by atoms with E-state index in [4.69, 9.17) is 9.47 Å². The van der Waals surface area contributed by atoms with Crippen LogP contribution in [0.2, 0.25) is 0 Å². The van der Waals surface area contributed by atoms with Crippen LogP contribution in [-0.2, 0) is 25.5 Å². The third-order valence-electron chi connectivity index (χ3n) is 3.00. The van der Waals surface area contributed by atoms with Gasteiger partial charge < -0.3 is 14.6 Å². The molecule has 1 aromatic carbocycles. The molecule has 1 rings (SSSR count). The average Bonchev–Trinajstić information content (AvgIpc) is 2.51. The van der Waals surface area contributed by atoms with E-state index in [1.807, 2.05) is 0 Å². The lowest BCUT2D eigenvalue weighted by Crippen LogP contribution is -2.30. The summed E-state index contributed by atoms with van der Waals surface area (Å²) in [4.78, 5) is 24.1. The maximum absolute atomic E-state index is 12.0. The zero-order valence-corrected chi connectivity index (χ0v) is 13.7. The normalized spacial score (nSPS) is 11.3. The minimum absolute atomic E-state index is 0.141. The molecule has 0 aliphatic heterocycles. The second-order valence-electron chi connectivity index (χ2n) is 4.86. The van der Waals surface area contributed by atoms with Gasteiger partial charge in [-0.1, -0.05) is 30.0 Å². The van der Waals surface area contributed by atoms with E-state index in [9.17, 15) is 14.7 Å². The summed E-state index contributed by atoms with van der Waals surface area (Å²) < 4.78 is 9.93. The van der Waals surface area contributed by atoms with Crippen molar-refractivity contribution < 1.29 is 24.2 Å². The molecule has 0 bridgehead atoms. The molecule has 0 saturated carbocycles.